The van der Waals surface area contributed by atoms with Crippen LogP contribution in [0.3, 0.4) is 0 Å². The van der Waals surface area contributed by atoms with Gasteiger partial charge in [0.25, 0.3) is 11.8 Å². The van der Waals surface area contributed by atoms with Gasteiger partial charge in [0.15, 0.2) is 19.0 Å². The normalized spacial score (nSPS) is 37.7. The molecule has 5 amide bonds. The molecule has 11 atom stereocenters. The summed E-state index contributed by atoms with van der Waals surface area (Å²) < 4.78 is 19.8. The summed E-state index contributed by atoms with van der Waals surface area (Å²) in [5.74, 6) is 1.57. The van der Waals surface area contributed by atoms with E-state index in [1.807, 2.05) is 13.8 Å². The molecule has 6 fully saturated rings. The molecular formula is C52H70N6O9. The second-order valence-corrected chi connectivity index (χ2v) is 21.7. The van der Waals surface area contributed by atoms with Crippen LogP contribution in [0.2, 0.25) is 0 Å². The van der Waals surface area contributed by atoms with E-state index in [1.165, 1.54) is 9.80 Å². The lowest BCUT2D eigenvalue weighted by Crippen LogP contribution is -2.58. The van der Waals surface area contributed by atoms with Crippen molar-refractivity contribution >= 4 is 46.6 Å². The van der Waals surface area contributed by atoms with Gasteiger partial charge in [0, 0.05) is 47.1 Å². The Kier molecular flexibility index (Phi) is 13.0. The molecule has 9 bridgehead atoms. The minimum Gasteiger partial charge on any atom is -0.457 e. The van der Waals surface area contributed by atoms with E-state index in [9.17, 15) is 19.2 Å². The van der Waals surface area contributed by atoms with Crippen LogP contribution in [0.15, 0.2) is 58.8 Å². The molecule has 2 aromatic rings. The zero-order valence-corrected chi connectivity index (χ0v) is 40.5. The lowest BCUT2D eigenvalue weighted by Gasteiger charge is -2.60. The SMILES string of the molecule is CC(C)N1CC(=O)Nc2ccc(cc2)Oc2ccc(cc2)NC(=O)N(C(C)C)C(=O)CO/N=C2\C[C@H]3[C@@H](CC[C@@H]4C/C(=N/OCC1=O)CC[C@@]43C)[C@@H]1C[C@@H]3O[C@]4(CC[C@@H](C)CO4)[C@@H](C)[C@@H]3[C@@]21C. The first-order valence-electron chi connectivity index (χ1n) is 24.8. The lowest BCUT2D eigenvalue weighted by atomic mass is 9.44. The van der Waals surface area contributed by atoms with Gasteiger partial charge in [0.1, 0.15) is 18.0 Å². The molecule has 1 spiro atoms. The van der Waals surface area contributed by atoms with Crippen LogP contribution < -0.4 is 15.4 Å². The van der Waals surface area contributed by atoms with Gasteiger partial charge in [-0.05, 0) is 163 Å². The number of hydrogen-bond donors (Lipinski definition) is 2. The maximum atomic E-state index is 14.0. The number of rotatable bonds is 2. The maximum Gasteiger partial charge on any atom is 0.328 e. The molecule has 2 aromatic carbocycles. The van der Waals surface area contributed by atoms with E-state index in [-0.39, 0.29) is 66.4 Å². The van der Waals surface area contributed by atoms with E-state index in [1.54, 1.807) is 62.4 Å². The summed E-state index contributed by atoms with van der Waals surface area (Å²) >= 11 is 0. The fourth-order valence-corrected chi connectivity index (χ4v) is 13.6. The average Bonchev–Trinajstić information content (AvgIpc) is 3.74. The lowest BCUT2D eigenvalue weighted by molar-refractivity contribution is -0.272. The zero-order valence-electron chi connectivity index (χ0n) is 40.5. The summed E-state index contributed by atoms with van der Waals surface area (Å²) in [5.41, 5.74) is 2.63. The van der Waals surface area contributed by atoms with Crippen LogP contribution in [-0.2, 0) is 33.5 Å². The highest BCUT2D eigenvalue weighted by molar-refractivity contribution is 6.02. The number of amides is 5. The number of ether oxygens (including phenoxy) is 3. The standard InChI is InChI=1S/C52H70N6O9/c1-30(2)57-26-45(59)53-35-10-14-38(15-11-35)66-39-16-12-36(13-17-39)54-49(62)58(31(3)4)47(61)29-65-56-44-25-41-40(18-9-34-23-37(20-21-50(34,41)7)55-64-28-46(57)60)42-24-43-48(51(42,44)8)33(6)52(67-43)22-19-32(5)27-63-52/h10-17,30-34,40-43,48H,9,18-29H2,1-8H3,(H,53,59)(H,54,62)/b55-37+,56-44+/t32-,33+,34-,40-,41+,42+,43+,48+,50+,51-,52-/m1/s1. The molecule has 7 aliphatic heterocycles. The third-order valence-electron chi connectivity index (χ3n) is 17.1. The molecule has 0 unspecified atom stereocenters. The number of nitrogens with one attached hydrogen (secondary N) is 2. The molecule has 4 saturated carbocycles. The summed E-state index contributed by atoms with van der Waals surface area (Å²) in [6.07, 6.45) is 8.26. The Morgan fingerprint density at radius 1 is 0.761 bits per heavy atom. The molecule has 7 heterocycles. The quantitative estimate of drug-likeness (QED) is 0.298. The Bertz CT molecular complexity index is 2260. The molecule has 2 saturated heterocycles. The van der Waals surface area contributed by atoms with Crippen LogP contribution in [-0.4, -0.2) is 95.3 Å². The summed E-state index contributed by atoms with van der Waals surface area (Å²) in [4.78, 5) is 69.1. The molecule has 2 N–H and O–H groups in total. The topological polar surface area (TPSA) is 170 Å². The average molecular weight is 923 g/mol. The number of urea groups is 1. The molecule has 15 heteroatoms. The van der Waals surface area contributed by atoms with Crippen molar-refractivity contribution < 1.29 is 43.1 Å². The Labute approximate surface area is 395 Å². The molecule has 11 aliphatic rings. The fourth-order valence-electron chi connectivity index (χ4n) is 13.6. The van der Waals surface area contributed by atoms with E-state index in [0.29, 0.717) is 59.1 Å². The zero-order chi connectivity index (χ0) is 47.4. The smallest absolute Gasteiger partial charge is 0.328 e. The largest absolute Gasteiger partial charge is 0.457 e. The van der Waals surface area contributed by atoms with Crippen molar-refractivity contribution in [1.82, 2.24) is 9.80 Å². The first-order chi connectivity index (χ1) is 32.0. The Morgan fingerprint density at radius 3 is 2.09 bits per heavy atom. The molecule has 4 aliphatic carbocycles. The highest BCUT2D eigenvalue weighted by Gasteiger charge is 2.71. The molecule has 15 nitrogen and oxygen atoms in total. The van der Waals surface area contributed by atoms with Gasteiger partial charge < -0.3 is 39.4 Å². The van der Waals surface area contributed by atoms with Crippen LogP contribution in [0.25, 0.3) is 0 Å². The van der Waals surface area contributed by atoms with Crippen LogP contribution in [0.4, 0.5) is 16.2 Å². The minimum atomic E-state index is -0.607. The van der Waals surface area contributed by atoms with Crippen molar-refractivity contribution in [2.24, 2.45) is 62.6 Å². The van der Waals surface area contributed by atoms with Crippen LogP contribution >= 0.6 is 0 Å². The molecule has 362 valence electrons. The van der Waals surface area contributed by atoms with Crippen LogP contribution in [0.5, 0.6) is 11.5 Å². The molecular weight excluding hydrogens is 853 g/mol. The number of benzene rings is 2. The highest BCUT2D eigenvalue weighted by Crippen LogP contribution is 2.70. The molecule has 67 heavy (non-hydrogen) atoms. The number of imide groups is 1. The maximum absolute atomic E-state index is 14.0. The Balaban J connectivity index is 1.01. The molecule has 0 radical (unpaired) electrons. The summed E-state index contributed by atoms with van der Waals surface area (Å²) in [7, 11) is 0. The predicted molar refractivity (Wildman–Crippen MR) is 253 cm³/mol. The van der Waals surface area contributed by atoms with E-state index in [2.05, 4.69) is 43.5 Å². The molecule has 13 rings (SSSR count). The first-order valence-corrected chi connectivity index (χ1v) is 24.8. The van der Waals surface area contributed by atoms with Gasteiger partial charge in [-0.25, -0.2) is 4.79 Å². The minimum absolute atomic E-state index is 0.0117. The monoisotopic (exact) mass is 923 g/mol. The molecule has 0 aromatic heterocycles. The third-order valence-corrected chi connectivity index (χ3v) is 17.1. The van der Waals surface area contributed by atoms with Crippen LogP contribution in [0, 0.1) is 52.3 Å². The number of carbonyl (C=O) groups excluding carboxylic acids is 4. The van der Waals surface area contributed by atoms with Gasteiger partial charge in [-0.2, -0.15) is 0 Å². The fraction of sp³-hybridized carbons (Fsp3) is 0.654. The van der Waals surface area contributed by atoms with E-state index < -0.39 is 23.8 Å². The third kappa shape index (κ3) is 8.83. The number of carbonyl (C=O) groups is 4. The number of anilines is 2. The van der Waals surface area contributed by atoms with Gasteiger partial charge >= 0.3 is 6.03 Å². The van der Waals surface area contributed by atoms with Crippen molar-refractivity contribution in [2.75, 3.05) is 37.0 Å². The summed E-state index contributed by atoms with van der Waals surface area (Å²) in [6, 6.07) is 12.5. The first kappa shape index (κ1) is 47.1. The number of fused-ring (bicyclic) bond motifs is 5. The van der Waals surface area contributed by atoms with E-state index in [0.717, 1.165) is 69.2 Å². The Morgan fingerprint density at radius 2 is 1.43 bits per heavy atom. The number of hydrogen-bond acceptors (Lipinski definition) is 11. The second kappa shape index (κ2) is 18.5. The van der Waals surface area contributed by atoms with Gasteiger partial charge in [-0.3, -0.25) is 19.3 Å². The summed E-state index contributed by atoms with van der Waals surface area (Å²) in [5, 5.41) is 15.3. The van der Waals surface area contributed by atoms with Gasteiger partial charge in [0.2, 0.25) is 5.91 Å². The van der Waals surface area contributed by atoms with Crippen LogP contribution in [0.1, 0.15) is 113 Å². The predicted octanol–water partition coefficient (Wildman–Crippen LogP) is 9.24. The van der Waals surface area contributed by atoms with Crippen molar-refractivity contribution in [3.8, 4) is 11.5 Å². The number of oxime groups is 2. The van der Waals surface area contributed by atoms with Gasteiger partial charge in [-0.15, -0.1) is 0 Å². The van der Waals surface area contributed by atoms with Gasteiger partial charge in [0.05, 0.1) is 24.1 Å². The Hall–Kier alpha value is -5.02. The van der Waals surface area contributed by atoms with E-state index in [4.69, 9.17) is 29.0 Å². The van der Waals surface area contributed by atoms with Crippen molar-refractivity contribution in [3.63, 3.8) is 0 Å². The van der Waals surface area contributed by atoms with Gasteiger partial charge in [-0.1, -0.05) is 38.0 Å². The second-order valence-electron chi connectivity index (χ2n) is 21.7. The van der Waals surface area contributed by atoms with E-state index >= 15 is 0 Å². The number of nitrogens with zero attached hydrogens (tertiary/aromatic N) is 4. The van der Waals surface area contributed by atoms with Crippen molar-refractivity contribution in [2.45, 2.75) is 137 Å². The summed E-state index contributed by atoms with van der Waals surface area (Å²) in [6.45, 7) is 16.6. The highest BCUT2D eigenvalue weighted by atomic mass is 16.7. The van der Waals surface area contributed by atoms with Crippen molar-refractivity contribution in [1.29, 1.82) is 0 Å². The van der Waals surface area contributed by atoms with Crippen molar-refractivity contribution in [3.05, 3.63) is 48.5 Å².